The molecule has 4 rings (SSSR count). The van der Waals surface area contributed by atoms with Crippen LogP contribution in [0.4, 0.5) is 10.5 Å². The summed E-state index contributed by atoms with van der Waals surface area (Å²) in [4.78, 5) is 37.8. The lowest BCUT2D eigenvalue weighted by Crippen LogP contribution is -2.65. The van der Waals surface area contributed by atoms with Crippen molar-refractivity contribution in [3.8, 4) is 0 Å². The van der Waals surface area contributed by atoms with Crippen molar-refractivity contribution in [2.75, 3.05) is 31.7 Å². The topological polar surface area (TPSA) is 68.7 Å². The molecule has 0 aliphatic carbocycles. The molecule has 0 N–H and O–H groups in total. The van der Waals surface area contributed by atoms with E-state index in [4.69, 9.17) is 21.3 Å². The van der Waals surface area contributed by atoms with Gasteiger partial charge in [0.15, 0.2) is 12.2 Å². The van der Waals surface area contributed by atoms with Gasteiger partial charge in [0.1, 0.15) is 0 Å². The number of benzene rings is 1. The molecule has 160 valence electrons. The molecule has 1 aromatic carbocycles. The SMILES string of the molecule is CCOCCN1C(=O)C2C(N=C3N(c4cccc(Cl)c4C)C(C)=C(C)N32)N(C)C1=O. The van der Waals surface area contributed by atoms with Crippen LogP contribution in [0.25, 0.3) is 0 Å². The predicted octanol–water partition coefficient (Wildman–Crippen LogP) is 3.02. The second-order valence-electron chi connectivity index (χ2n) is 7.63. The molecule has 9 heteroatoms. The monoisotopic (exact) mass is 431 g/mol. The van der Waals surface area contributed by atoms with Crippen molar-refractivity contribution in [3.05, 3.63) is 40.2 Å². The van der Waals surface area contributed by atoms with Crippen molar-refractivity contribution in [2.24, 2.45) is 4.99 Å². The Kier molecular flexibility index (Phi) is 5.23. The lowest BCUT2D eigenvalue weighted by molar-refractivity contribution is -0.137. The van der Waals surface area contributed by atoms with Crippen molar-refractivity contribution in [1.82, 2.24) is 14.7 Å². The van der Waals surface area contributed by atoms with Gasteiger partial charge in [-0.15, -0.1) is 0 Å². The number of rotatable bonds is 5. The van der Waals surface area contributed by atoms with Crippen LogP contribution in [0.2, 0.25) is 5.02 Å². The van der Waals surface area contributed by atoms with Gasteiger partial charge in [0.25, 0.3) is 5.91 Å². The summed E-state index contributed by atoms with van der Waals surface area (Å²) in [5.74, 6) is 0.392. The zero-order chi connectivity index (χ0) is 21.7. The molecule has 2 atom stereocenters. The molecule has 1 saturated heterocycles. The molecule has 1 fully saturated rings. The molecule has 2 unspecified atom stereocenters. The van der Waals surface area contributed by atoms with Crippen molar-refractivity contribution < 1.29 is 14.3 Å². The van der Waals surface area contributed by atoms with Gasteiger partial charge < -0.3 is 9.64 Å². The Labute approximate surface area is 181 Å². The summed E-state index contributed by atoms with van der Waals surface area (Å²) < 4.78 is 5.37. The van der Waals surface area contributed by atoms with Crippen LogP contribution in [-0.2, 0) is 9.53 Å². The summed E-state index contributed by atoms with van der Waals surface area (Å²) in [7, 11) is 1.69. The Hall–Kier alpha value is -2.58. The van der Waals surface area contributed by atoms with E-state index in [0.717, 1.165) is 22.6 Å². The fraction of sp³-hybridized carbons (Fsp3) is 0.476. The number of allylic oxidation sites excluding steroid dienone is 2. The Balaban J connectivity index is 1.73. The number of hydrogen-bond donors (Lipinski definition) is 0. The maximum absolute atomic E-state index is 13.4. The van der Waals surface area contributed by atoms with Gasteiger partial charge in [-0.2, -0.15) is 0 Å². The van der Waals surface area contributed by atoms with Gasteiger partial charge in [0, 0.05) is 30.1 Å². The van der Waals surface area contributed by atoms with Crippen LogP contribution < -0.4 is 4.90 Å². The maximum Gasteiger partial charge on any atom is 0.328 e. The summed E-state index contributed by atoms with van der Waals surface area (Å²) in [5.41, 5.74) is 3.75. The molecule has 0 spiro atoms. The van der Waals surface area contributed by atoms with Gasteiger partial charge >= 0.3 is 6.03 Å². The first-order valence-corrected chi connectivity index (χ1v) is 10.4. The Morgan fingerprint density at radius 3 is 2.60 bits per heavy atom. The normalized spacial score (nSPS) is 23.5. The third-order valence-corrected chi connectivity index (χ3v) is 6.45. The van der Waals surface area contributed by atoms with E-state index in [9.17, 15) is 9.59 Å². The van der Waals surface area contributed by atoms with Crippen LogP contribution in [0.1, 0.15) is 26.3 Å². The highest BCUT2D eigenvalue weighted by Crippen LogP contribution is 2.41. The van der Waals surface area contributed by atoms with Crippen LogP contribution in [-0.4, -0.2) is 71.6 Å². The van der Waals surface area contributed by atoms with Crippen molar-refractivity contribution in [1.29, 1.82) is 0 Å². The minimum atomic E-state index is -0.594. The number of aliphatic imine (C=N–C) groups is 1. The second kappa shape index (κ2) is 7.59. The minimum absolute atomic E-state index is 0.223. The molecule has 1 aromatic rings. The average Bonchev–Trinajstić information content (AvgIpc) is 3.21. The van der Waals surface area contributed by atoms with Gasteiger partial charge in [0.2, 0.25) is 5.96 Å². The standard InChI is InChI=1S/C21H26ClN5O3/c1-6-30-11-10-25-19(28)17-18(24(5)21(25)29)23-20-26(13(3)14(4)27(17)20)16-9-7-8-15(22)12(16)2/h7-9,17-18H,6,10-11H2,1-5H3. The van der Waals surface area contributed by atoms with Gasteiger partial charge in [-0.3, -0.25) is 19.5 Å². The van der Waals surface area contributed by atoms with Crippen LogP contribution >= 0.6 is 11.6 Å². The molecule has 3 amide bonds. The lowest BCUT2D eigenvalue weighted by Gasteiger charge is -2.40. The number of carbonyl (C=O) groups excluding carboxylic acids is 2. The number of imide groups is 1. The molecule has 0 saturated carbocycles. The number of amides is 3. The molecule has 8 nitrogen and oxygen atoms in total. The van der Waals surface area contributed by atoms with Gasteiger partial charge in [-0.25, -0.2) is 9.79 Å². The van der Waals surface area contributed by atoms with Gasteiger partial charge in [0.05, 0.1) is 18.8 Å². The number of hydrogen-bond acceptors (Lipinski definition) is 6. The van der Waals surface area contributed by atoms with Gasteiger partial charge in [-0.1, -0.05) is 17.7 Å². The molecule has 0 bridgehead atoms. The van der Waals surface area contributed by atoms with Crippen LogP contribution in [0.3, 0.4) is 0 Å². The highest BCUT2D eigenvalue weighted by molar-refractivity contribution is 6.32. The van der Waals surface area contributed by atoms with Crippen molar-refractivity contribution >= 4 is 35.2 Å². The second-order valence-corrected chi connectivity index (χ2v) is 8.04. The number of ether oxygens (including phenoxy) is 1. The molecule has 3 aliphatic heterocycles. The zero-order valence-corrected chi connectivity index (χ0v) is 18.6. The van der Waals surface area contributed by atoms with Crippen LogP contribution in [0.15, 0.2) is 34.6 Å². The van der Waals surface area contributed by atoms with E-state index in [1.807, 2.05) is 55.7 Å². The quantitative estimate of drug-likeness (QED) is 0.670. The molecular formula is C21H26ClN5O3. The van der Waals surface area contributed by atoms with E-state index < -0.39 is 12.2 Å². The third-order valence-electron chi connectivity index (χ3n) is 6.04. The number of nitrogens with zero attached hydrogens (tertiary/aromatic N) is 5. The molecule has 0 aromatic heterocycles. The molecule has 30 heavy (non-hydrogen) atoms. The van der Waals surface area contributed by atoms with E-state index in [1.54, 1.807) is 7.05 Å². The van der Waals surface area contributed by atoms with E-state index in [0.29, 0.717) is 24.2 Å². The minimum Gasteiger partial charge on any atom is -0.380 e. The number of anilines is 1. The van der Waals surface area contributed by atoms with Crippen LogP contribution in [0, 0.1) is 6.92 Å². The van der Waals surface area contributed by atoms with Crippen molar-refractivity contribution in [2.45, 2.75) is 39.9 Å². The smallest absolute Gasteiger partial charge is 0.328 e. The van der Waals surface area contributed by atoms with E-state index in [2.05, 4.69) is 0 Å². The summed E-state index contributed by atoms with van der Waals surface area (Å²) in [6.45, 7) is 8.89. The molecule has 0 radical (unpaired) electrons. The Morgan fingerprint density at radius 2 is 1.90 bits per heavy atom. The summed E-state index contributed by atoms with van der Waals surface area (Å²) in [6.07, 6.45) is -0.576. The summed E-state index contributed by atoms with van der Waals surface area (Å²) in [5, 5.41) is 0.665. The highest BCUT2D eigenvalue weighted by Gasteiger charge is 2.55. The lowest BCUT2D eigenvalue weighted by atomic mass is 10.1. The van der Waals surface area contributed by atoms with E-state index in [-0.39, 0.29) is 18.5 Å². The summed E-state index contributed by atoms with van der Waals surface area (Å²) in [6, 6.07) is 4.79. The number of halogens is 1. The third kappa shape index (κ3) is 2.89. The number of urea groups is 1. The number of fused-ring (bicyclic) bond motifs is 3. The number of likely N-dealkylation sites (N-methyl/N-ethyl adjacent to an activating group) is 1. The average molecular weight is 432 g/mol. The fourth-order valence-electron chi connectivity index (χ4n) is 4.25. The number of carbonyl (C=O) groups is 2. The first-order chi connectivity index (χ1) is 14.3. The molecule has 3 aliphatic rings. The fourth-order valence-corrected chi connectivity index (χ4v) is 4.42. The summed E-state index contributed by atoms with van der Waals surface area (Å²) >= 11 is 6.36. The molecular weight excluding hydrogens is 406 g/mol. The first-order valence-electron chi connectivity index (χ1n) is 10.0. The van der Waals surface area contributed by atoms with Crippen molar-refractivity contribution in [3.63, 3.8) is 0 Å². The Bertz CT molecular complexity index is 975. The molecule has 3 heterocycles. The van der Waals surface area contributed by atoms with Crippen LogP contribution in [0.5, 0.6) is 0 Å². The van der Waals surface area contributed by atoms with Gasteiger partial charge in [-0.05, 0) is 45.4 Å². The zero-order valence-electron chi connectivity index (χ0n) is 17.8. The maximum atomic E-state index is 13.4. The first kappa shape index (κ1) is 20.7. The highest BCUT2D eigenvalue weighted by atomic mass is 35.5. The Morgan fingerprint density at radius 1 is 1.17 bits per heavy atom. The number of guanidine groups is 1. The predicted molar refractivity (Wildman–Crippen MR) is 115 cm³/mol. The van der Waals surface area contributed by atoms with E-state index >= 15 is 0 Å². The largest absolute Gasteiger partial charge is 0.380 e. The van der Waals surface area contributed by atoms with E-state index in [1.165, 1.54) is 9.80 Å².